The zero-order valence-corrected chi connectivity index (χ0v) is 18.3. The van der Waals surface area contributed by atoms with Gasteiger partial charge in [-0.1, -0.05) is 20.8 Å². The minimum absolute atomic E-state index is 0.142. The summed E-state index contributed by atoms with van der Waals surface area (Å²) in [5.41, 5.74) is 1.97. The van der Waals surface area contributed by atoms with E-state index in [9.17, 15) is 9.59 Å². The van der Waals surface area contributed by atoms with Gasteiger partial charge in [0.2, 0.25) is 0 Å². The molecule has 3 rings (SSSR count). The van der Waals surface area contributed by atoms with E-state index in [4.69, 9.17) is 0 Å². The topological polar surface area (TPSA) is 116 Å². The predicted molar refractivity (Wildman–Crippen MR) is 119 cm³/mol. The first kappa shape index (κ1) is 21.8. The summed E-state index contributed by atoms with van der Waals surface area (Å²) >= 11 is 1.66. The summed E-state index contributed by atoms with van der Waals surface area (Å²) < 4.78 is 0. The molecule has 8 nitrogen and oxygen atoms in total. The Morgan fingerprint density at radius 2 is 2.10 bits per heavy atom. The molecule has 30 heavy (non-hydrogen) atoms. The number of H-pyrrole nitrogens is 2. The van der Waals surface area contributed by atoms with E-state index in [1.165, 1.54) is 6.07 Å². The molecular formula is C21H26N6O2S. The summed E-state index contributed by atoms with van der Waals surface area (Å²) in [4.78, 5) is 36.5. The Bertz CT molecular complexity index is 1060. The first-order valence-electron chi connectivity index (χ1n) is 9.65. The third-order valence-electron chi connectivity index (χ3n) is 4.59. The van der Waals surface area contributed by atoms with Crippen molar-refractivity contribution in [2.75, 3.05) is 12.0 Å². The minimum atomic E-state index is -0.419. The van der Waals surface area contributed by atoms with E-state index in [2.05, 4.69) is 30.5 Å². The number of nitrogens with zero attached hydrogens (tertiary/aromatic N) is 3. The molecule has 0 aromatic carbocycles. The number of thioether (sulfide) groups is 1. The lowest BCUT2D eigenvalue weighted by Crippen LogP contribution is -2.31. The van der Waals surface area contributed by atoms with Crippen LogP contribution in [0.3, 0.4) is 0 Å². The van der Waals surface area contributed by atoms with Crippen molar-refractivity contribution in [3.05, 3.63) is 64.1 Å². The van der Waals surface area contributed by atoms with Crippen molar-refractivity contribution in [3.63, 3.8) is 0 Å². The number of rotatable bonds is 7. The van der Waals surface area contributed by atoms with Gasteiger partial charge in [-0.25, -0.2) is 4.98 Å². The number of aromatic amines is 2. The van der Waals surface area contributed by atoms with Gasteiger partial charge < -0.3 is 10.3 Å². The van der Waals surface area contributed by atoms with Crippen molar-refractivity contribution in [2.45, 2.75) is 38.6 Å². The van der Waals surface area contributed by atoms with Gasteiger partial charge in [-0.05, 0) is 36.6 Å². The van der Waals surface area contributed by atoms with Gasteiger partial charge in [0, 0.05) is 35.1 Å². The van der Waals surface area contributed by atoms with Crippen LogP contribution in [0.5, 0.6) is 0 Å². The smallest absolute Gasteiger partial charge is 0.272 e. The number of aromatic nitrogens is 5. The average Bonchev–Trinajstić information content (AvgIpc) is 3.22. The van der Waals surface area contributed by atoms with E-state index >= 15 is 0 Å². The molecule has 0 aliphatic carbocycles. The molecule has 0 fully saturated rings. The largest absolute Gasteiger partial charge is 0.342 e. The van der Waals surface area contributed by atoms with E-state index in [0.29, 0.717) is 29.2 Å². The number of carbonyl (C=O) groups is 1. The molecule has 0 bridgehead atoms. The van der Waals surface area contributed by atoms with Crippen LogP contribution >= 0.6 is 11.8 Å². The summed E-state index contributed by atoms with van der Waals surface area (Å²) in [5, 5.41) is 10.1. The molecule has 9 heteroatoms. The predicted octanol–water partition coefficient (Wildman–Crippen LogP) is 3.08. The Balaban J connectivity index is 1.89. The second-order valence-corrected chi connectivity index (χ2v) is 8.97. The summed E-state index contributed by atoms with van der Waals surface area (Å²) in [5.74, 6) is 0.914. The fraction of sp³-hybridized carbons (Fsp3) is 0.381. The first-order chi connectivity index (χ1) is 14.3. The van der Waals surface area contributed by atoms with Crippen LogP contribution in [0, 0.1) is 0 Å². The number of amides is 1. The average molecular weight is 427 g/mol. The molecule has 3 N–H and O–H groups in total. The van der Waals surface area contributed by atoms with Crippen LogP contribution in [0.2, 0.25) is 0 Å². The second kappa shape index (κ2) is 9.25. The SMILES string of the molecule is CSCC[C@@H](NC(=O)c1cc(C(C)(C)C)[nH]n1)c1cc(=O)[nH]c(-c2cccnc2)n1. The normalized spacial score (nSPS) is 12.5. The fourth-order valence-corrected chi connectivity index (χ4v) is 3.35. The maximum atomic E-state index is 12.8. The van der Waals surface area contributed by atoms with Gasteiger partial charge in [0.25, 0.3) is 11.5 Å². The van der Waals surface area contributed by atoms with E-state index in [0.717, 1.165) is 11.4 Å². The second-order valence-electron chi connectivity index (χ2n) is 7.98. The standard InChI is InChI=1S/C21H26N6O2S/c1-21(2,3)17-10-16(26-27-17)20(29)24-14(7-9-30-4)15-11-18(28)25-19(23-15)13-6-5-8-22-12-13/h5-6,8,10-12,14H,7,9H2,1-4H3,(H,24,29)(H,26,27)(H,23,25,28)/t14-/m1/s1. The van der Waals surface area contributed by atoms with Gasteiger partial charge >= 0.3 is 0 Å². The molecule has 0 saturated carbocycles. The lowest BCUT2D eigenvalue weighted by Gasteiger charge is -2.18. The Hall–Kier alpha value is -2.94. The quantitative estimate of drug-likeness (QED) is 0.535. The van der Waals surface area contributed by atoms with E-state index in [-0.39, 0.29) is 16.9 Å². The summed E-state index contributed by atoms with van der Waals surface area (Å²) in [7, 11) is 0. The third kappa shape index (κ3) is 5.35. The Morgan fingerprint density at radius 1 is 1.30 bits per heavy atom. The van der Waals surface area contributed by atoms with Gasteiger partial charge in [0.15, 0.2) is 0 Å². The van der Waals surface area contributed by atoms with Crippen molar-refractivity contribution in [1.29, 1.82) is 0 Å². The lowest BCUT2D eigenvalue weighted by molar-refractivity contribution is 0.0930. The van der Waals surface area contributed by atoms with Crippen LogP contribution in [0.15, 0.2) is 41.5 Å². The molecule has 0 aliphatic rings. The fourth-order valence-electron chi connectivity index (χ4n) is 2.88. The van der Waals surface area contributed by atoms with E-state index in [1.54, 1.807) is 36.3 Å². The third-order valence-corrected chi connectivity index (χ3v) is 5.23. The lowest BCUT2D eigenvalue weighted by atomic mass is 9.92. The molecule has 158 valence electrons. The van der Waals surface area contributed by atoms with Crippen molar-refractivity contribution >= 4 is 17.7 Å². The van der Waals surface area contributed by atoms with Crippen molar-refractivity contribution < 1.29 is 4.79 Å². The van der Waals surface area contributed by atoms with Gasteiger partial charge in [-0.15, -0.1) is 0 Å². The molecule has 3 aromatic heterocycles. The minimum Gasteiger partial charge on any atom is -0.342 e. The van der Waals surface area contributed by atoms with E-state index < -0.39 is 6.04 Å². The van der Waals surface area contributed by atoms with Gasteiger partial charge in [0.05, 0.1) is 11.7 Å². The highest BCUT2D eigenvalue weighted by atomic mass is 32.2. The van der Waals surface area contributed by atoms with Crippen molar-refractivity contribution in [3.8, 4) is 11.4 Å². The molecule has 3 aromatic rings. The summed E-state index contributed by atoms with van der Waals surface area (Å²) in [6.45, 7) is 6.14. The van der Waals surface area contributed by atoms with Crippen LogP contribution in [0.25, 0.3) is 11.4 Å². The summed E-state index contributed by atoms with van der Waals surface area (Å²) in [6, 6.07) is 6.36. The van der Waals surface area contributed by atoms with Crippen LogP contribution in [-0.4, -0.2) is 43.1 Å². The zero-order chi connectivity index (χ0) is 21.7. The molecule has 1 atom stereocenters. The number of hydrogen-bond acceptors (Lipinski definition) is 6. The molecule has 3 heterocycles. The molecule has 0 spiro atoms. The number of hydrogen-bond donors (Lipinski definition) is 3. The first-order valence-corrected chi connectivity index (χ1v) is 11.0. The Labute approximate surface area is 179 Å². The van der Waals surface area contributed by atoms with Gasteiger partial charge in [-0.3, -0.25) is 19.7 Å². The molecule has 1 amide bonds. The molecule has 0 aliphatic heterocycles. The maximum absolute atomic E-state index is 12.8. The van der Waals surface area contributed by atoms with Crippen LogP contribution in [0.4, 0.5) is 0 Å². The number of carbonyl (C=O) groups excluding carboxylic acids is 1. The van der Waals surface area contributed by atoms with Crippen molar-refractivity contribution in [2.24, 2.45) is 0 Å². The van der Waals surface area contributed by atoms with Crippen molar-refractivity contribution in [1.82, 2.24) is 30.5 Å². The maximum Gasteiger partial charge on any atom is 0.272 e. The monoisotopic (exact) mass is 426 g/mol. The van der Waals surface area contributed by atoms with Crippen LogP contribution < -0.4 is 10.9 Å². The zero-order valence-electron chi connectivity index (χ0n) is 17.5. The molecular weight excluding hydrogens is 400 g/mol. The van der Waals surface area contributed by atoms with Crippen LogP contribution in [-0.2, 0) is 5.41 Å². The Morgan fingerprint density at radius 3 is 2.73 bits per heavy atom. The summed E-state index contributed by atoms with van der Waals surface area (Å²) in [6.07, 6.45) is 5.92. The highest BCUT2D eigenvalue weighted by Crippen LogP contribution is 2.22. The van der Waals surface area contributed by atoms with Gasteiger partial charge in [-0.2, -0.15) is 16.9 Å². The molecule has 0 radical (unpaired) electrons. The van der Waals surface area contributed by atoms with E-state index in [1.807, 2.05) is 33.1 Å². The molecule has 0 saturated heterocycles. The Kier molecular flexibility index (Phi) is 6.71. The number of nitrogens with one attached hydrogen (secondary N) is 3. The van der Waals surface area contributed by atoms with Crippen LogP contribution in [0.1, 0.15) is 55.1 Å². The molecule has 0 unspecified atom stereocenters. The highest BCUT2D eigenvalue weighted by molar-refractivity contribution is 7.98. The number of pyridine rings is 1. The highest BCUT2D eigenvalue weighted by Gasteiger charge is 2.23. The van der Waals surface area contributed by atoms with Gasteiger partial charge in [0.1, 0.15) is 11.5 Å².